The first-order valence-corrected chi connectivity index (χ1v) is 7.29. The van der Waals surface area contributed by atoms with E-state index in [2.05, 4.69) is 20.8 Å². The molecular weight excluding hydrogens is 251 g/mol. The summed E-state index contributed by atoms with van der Waals surface area (Å²) in [5.41, 5.74) is 1.21. The monoisotopic (exact) mass is 272 g/mol. The summed E-state index contributed by atoms with van der Waals surface area (Å²) in [6.07, 6.45) is 4.83. The van der Waals surface area contributed by atoms with E-state index < -0.39 is 0 Å². The van der Waals surface area contributed by atoms with E-state index in [4.69, 9.17) is 23.2 Å². The van der Waals surface area contributed by atoms with Gasteiger partial charge in [-0.05, 0) is 48.4 Å². The van der Waals surface area contributed by atoms with Crippen molar-refractivity contribution in [3.63, 3.8) is 0 Å². The van der Waals surface area contributed by atoms with Crippen LogP contribution in [-0.2, 0) is 0 Å². The first-order chi connectivity index (χ1) is 8.08. The highest BCUT2D eigenvalue weighted by atomic mass is 35.5. The van der Waals surface area contributed by atoms with Crippen LogP contribution in [0, 0.1) is 5.92 Å². The van der Waals surface area contributed by atoms with E-state index in [0.29, 0.717) is 5.92 Å². The van der Waals surface area contributed by atoms with Crippen molar-refractivity contribution in [3.05, 3.63) is 33.8 Å². The maximum atomic E-state index is 6.26. The number of halogens is 2. The second-order valence-corrected chi connectivity index (χ2v) is 5.71. The molecule has 0 aliphatic carbocycles. The molecule has 2 unspecified atom stereocenters. The Morgan fingerprint density at radius 2 is 1.76 bits per heavy atom. The van der Waals surface area contributed by atoms with E-state index in [0.717, 1.165) is 22.4 Å². The fourth-order valence-electron chi connectivity index (χ4n) is 2.10. The summed E-state index contributed by atoms with van der Waals surface area (Å²) in [6.45, 7) is 6.78. The van der Waals surface area contributed by atoms with E-state index in [1.165, 1.54) is 24.8 Å². The van der Waals surface area contributed by atoms with Gasteiger partial charge in [-0.3, -0.25) is 0 Å². The highest BCUT2D eigenvalue weighted by Crippen LogP contribution is 2.33. The molecule has 0 spiro atoms. The zero-order chi connectivity index (χ0) is 12.8. The number of rotatable bonds is 6. The third kappa shape index (κ3) is 4.52. The average Bonchev–Trinajstić information content (AvgIpc) is 2.33. The molecule has 1 aromatic rings. The van der Waals surface area contributed by atoms with E-state index in [1.54, 1.807) is 0 Å². The van der Waals surface area contributed by atoms with Crippen LogP contribution < -0.4 is 0 Å². The van der Waals surface area contributed by atoms with Crippen LogP contribution in [0.25, 0.3) is 0 Å². The van der Waals surface area contributed by atoms with Gasteiger partial charge in [0, 0.05) is 10.0 Å². The Bertz CT molecular complexity index is 347. The first kappa shape index (κ1) is 14.9. The van der Waals surface area contributed by atoms with Crippen LogP contribution in [0.4, 0.5) is 0 Å². The van der Waals surface area contributed by atoms with Crippen molar-refractivity contribution in [2.24, 2.45) is 5.92 Å². The van der Waals surface area contributed by atoms with E-state index in [1.807, 2.05) is 18.2 Å². The van der Waals surface area contributed by atoms with E-state index in [-0.39, 0.29) is 0 Å². The summed E-state index contributed by atoms with van der Waals surface area (Å²) in [6, 6.07) is 5.79. The zero-order valence-electron chi connectivity index (χ0n) is 11.0. The fraction of sp³-hybridized carbons (Fsp3) is 0.600. The number of hydrogen-bond acceptors (Lipinski definition) is 0. The van der Waals surface area contributed by atoms with Crippen LogP contribution in [0.1, 0.15) is 57.9 Å². The van der Waals surface area contributed by atoms with Crippen molar-refractivity contribution < 1.29 is 0 Å². The molecule has 17 heavy (non-hydrogen) atoms. The normalized spacial score (nSPS) is 14.6. The molecule has 0 aliphatic rings. The number of benzene rings is 1. The van der Waals surface area contributed by atoms with Gasteiger partial charge in [-0.25, -0.2) is 0 Å². The van der Waals surface area contributed by atoms with Gasteiger partial charge in [0.05, 0.1) is 0 Å². The Kier molecular flexibility index (Phi) is 6.37. The Hall–Kier alpha value is -0.200. The lowest BCUT2D eigenvalue weighted by atomic mass is 9.88. The minimum absolute atomic E-state index is 0.537. The van der Waals surface area contributed by atoms with E-state index in [9.17, 15) is 0 Å². The molecule has 1 aromatic carbocycles. The number of hydrogen-bond donors (Lipinski definition) is 0. The summed E-state index contributed by atoms with van der Waals surface area (Å²) >= 11 is 12.3. The van der Waals surface area contributed by atoms with Crippen molar-refractivity contribution in [2.45, 2.75) is 52.4 Å². The molecule has 0 heterocycles. The average molecular weight is 273 g/mol. The smallest absolute Gasteiger partial charge is 0.0441 e. The van der Waals surface area contributed by atoms with Gasteiger partial charge in [0.2, 0.25) is 0 Å². The Morgan fingerprint density at radius 1 is 1.06 bits per heavy atom. The summed E-state index contributed by atoms with van der Waals surface area (Å²) in [4.78, 5) is 0. The zero-order valence-corrected chi connectivity index (χ0v) is 12.5. The van der Waals surface area contributed by atoms with Gasteiger partial charge in [0.1, 0.15) is 0 Å². The highest BCUT2D eigenvalue weighted by molar-refractivity contribution is 6.33. The SMILES string of the molecule is CCC(C)CCC(CC)c1cc(Cl)ccc1Cl. The molecule has 96 valence electrons. The van der Waals surface area contributed by atoms with Crippen LogP contribution in [0.2, 0.25) is 10.0 Å². The topological polar surface area (TPSA) is 0 Å². The molecule has 0 N–H and O–H groups in total. The van der Waals surface area contributed by atoms with Gasteiger partial charge in [0.15, 0.2) is 0 Å². The van der Waals surface area contributed by atoms with Gasteiger partial charge in [0.25, 0.3) is 0 Å². The van der Waals surface area contributed by atoms with Crippen molar-refractivity contribution in [3.8, 4) is 0 Å². The minimum atomic E-state index is 0.537. The molecule has 1 rings (SSSR count). The molecule has 2 atom stereocenters. The standard InChI is InChI=1S/C15H22Cl2/c1-4-11(3)6-7-12(5-2)14-10-13(16)8-9-15(14)17/h8-12H,4-7H2,1-3H3. The Balaban J connectivity index is 2.75. The van der Waals surface area contributed by atoms with E-state index >= 15 is 0 Å². The third-order valence-electron chi connectivity index (χ3n) is 3.60. The molecular formula is C15H22Cl2. The maximum absolute atomic E-state index is 6.26. The molecule has 0 bridgehead atoms. The molecule has 0 fully saturated rings. The Morgan fingerprint density at radius 3 is 2.35 bits per heavy atom. The summed E-state index contributed by atoms with van der Waals surface area (Å²) in [5.74, 6) is 1.33. The lowest BCUT2D eigenvalue weighted by Gasteiger charge is -2.19. The predicted octanol–water partition coefficient (Wildman–Crippen LogP) is 6.31. The maximum Gasteiger partial charge on any atom is 0.0441 e. The van der Waals surface area contributed by atoms with Crippen molar-refractivity contribution >= 4 is 23.2 Å². The van der Waals surface area contributed by atoms with Gasteiger partial charge in [-0.15, -0.1) is 0 Å². The highest BCUT2D eigenvalue weighted by Gasteiger charge is 2.14. The summed E-state index contributed by atoms with van der Waals surface area (Å²) in [5, 5.41) is 1.64. The van der Waals surface area contributed by atoms with Crippen molar-refractivity contribution in [1.29, 1.82) is 0 Å². The quantitative estimate of drug-likeness (QED) is 0.569. The lowest BCUT2D eigenvalue weighted by molar-refractivity contribution is 0.454. The molecule has 0 aliphatic heterocycles. The molecule has 0 saturated heterocycles. The van der Waals surface area contributed by atoms with Crippen LogP contribution in [0.5, 0.6) is 0 Å². The van der Waals surface area contributed by atoms with Gasteiger partial charge >= 0.3 is 0 Å². The summed E-state index contributed by atoms with van der Waals surface area (Å²) < 4.78 is 0. The first-order valence-electron chi connectivity index (χ1n) is 6.53. The molecule has 2 heteroatoms. The Labute approximate surface area is 115 Å². The van der Waals surface area contributed by atoms with Gasteiger partial charge < -0.3 is 0 Å². The van der Waals surface area contributed by atoms with Crippen LogP contribution in [0.15, 0.2) is 18.2 Å². The molecule has 0 nitrogen and oxygen atoms in total. The molecule has 0 aromatic heterocycles. The fourth-order valence-corrected chi connectivity index (χ4v) is 2.55. The molecule has 0 saturated carbocycles. The second kappa shape index (κ2) is 7.28. The summed E-state index contributed by atoms with van der Waals surface area (Å²) in [7, 11) is 0. The van der Waals surface area contributed by atoms with Gasteiger partial charge in [-0.1, -0.05) is 56.8 Å². The van der Waals surface area contributed by atoms with Crippen LogP contribution >= 0.6 is 23.2 Å². The predicted molar refractivity (Wildman–Crippen MR) is 78.2 cm³/mol. The lowest BCUT2D eigenvalue weighted by Crippen LogP contribution is -2.02. The van der Waals surface area contributed by atoms with Crippen LogP contribution in [-0.4, -0.2) is 0 Å². The molecule has 0 radical (unpaired) electrons. The van der Waals surface area contributed by atoms with Crippen molar-refractivity contribution in [2.75, 3.05) is 0 Å². The largest absolute Gasteiger partial charge is 0.0843 e. The minimum Gasteiger partial charge on any atom is -0.0843 e. The van der Waals surface area contributed by atoms with Crippen LogP contribution in [0.3, 0.4) is 0 Å². The molecule has 0 amide bonds. The third-order valence-corrected chi connectivity index (χ3v) is 4.17. The second-order valence-electron chi connectivity index (χ2n) is 4.86. The van der Waals surface area contributed by atoms with Crippen molar-refractivity contribution in [1.82, 2.24) is 0 Å². The van der Waals surface area contributed by atoms with Gasteiger partial charge in [-0.2, -0.15) is 0 Å².